The number of ether oxygens (including phenoxy) is 1. The van der Waals surface area contributed by atoms with Crippen LogP contribution in [0.4, 0.5) is 0 Å². The van der Waals surface area contributed by atoms with Gasteiger partial charge >= 0.3 is 0 Å². The molecule has 0 aromatic rings. The van der Waals surface area contributed by atoms with Gasteiger partial charge in [0, 0.05) is 19.7 Å². The summed E-state index contributed by atoms with van der Waals surface area (Å²) in [5.41, 5.74) is 0. The predicted molar refractivity (Wildman–Crippen MR) is 81.6 cm³/mol. The maximum atomic E-state index is 11.4. The van der Waals surface area contributed by atoms with Crippen molar-refractivity contribution in [1.82, 2.24) is 10.6 Å². The standard InChI is InChI=1S/C15H32N2O3/c1-12(2)6-5-7-20-11-14(18)9-16-10-15(19)17-8-13(3)4/h12-14,16,18H,5-11H2,1-4H3,(H,17,19). The van der Waals surface area contributed by atoms with E-state index >= 15 is 0 Å². The first-order valence-corrected chi connectivity index (χ1v) is 7.65. The highest BCUT2D eigenvalue weighted by Crippen LogP contribution is 2.03. The van der Waals surface area contributed by atoms with Crippen LogP contribution in [-0.2, 0) is 9.53 Å². The molecule has 0 heterocycles. The number of rotatable bonds is 12. The van der Waals surface area contributed by atoms with Crippen LogP contribution in [-0.4, -0.2) is 50.0 Å². The Kier molecular flexibility index (Phi) is 11.7. The Morgan fingerprint density at radius 2 is 1.85 bits per heavy atom. The molecule has 120 valence electrons. The lowest BCUT2D eigenvalue weighted by Gasteiger charge is -2.13. The maximum Gasteiger partial charge on any atom is 0.233 e. The molecule has 0 aliphatic carbocycles. The van der Waals surface area contributed by atoms with Gasteiger partial charge in [-0.2, -0.15) is 0 Å². The molecule has 0 aliphatic rings. The highest BCUT2D eigenvalue weighted by atomic mass is 16.5. The fourth-order valence-electron chi connectivity index (χ4n) is 1.60. The Hall–Kier alpha value is -0.650. The van der Waals surface area contributed by atoms with Crippen molar-refractivity contribution >= 4 is 5.91 Å². The van der Waals surface area contributed by atoms with Gasteiger partial charge in [-0.1, -0.05) is 27.7 Å². The molecule has 0 spiro atoms. The van der Waals surface area contributed by atoms with Crippen LogP contribution in [0.15, 0.2) is 0 Å². The van der Waals surface area contributed by atoms with Gasteiger partial charge in [-0.3, -0.25) is 4.79 Å². The molecular formula is C15H32N2O3. The van der Waals surface area contributed by atoms with Crippen LogP contribution in [0.3, 0.4) is 0 Å². The Balaban J connectivity index is 3.40. The van der Waals surface area contributed by atoms with E-state index in [4.69, 9.17) is 4.74 Å². The molecule has 0 saturated carbocycles. The first-order valence-electron chi connectivity index (χ1n) is 7.65. The van der Waals surface area contributed by atoms with Crippen molar-refractivity contribution in [1.29, 1.82) is 0 Å². The maximum absolute atomic E-state index is 11.4. The number of hydrogen-bond acceptors (Lipinski definition) is 4. The van der Waals surface area contributed by atoms with Crippen molar-refractivity contribution in [3.63, 3.8) is 0 Å². The van der Waals surface area contributed by atoms with Crippen LogP contribution in [0.25, 0.3) is 0 Å². The van der Waals surface area contributed by atoms with Crippen LogP contribution in [0.1, 0.15) is 40.5 Å². The minimum Gasteiger partial charge on any atom is -0.389 e. The molecule has 0 aromatic heterocycles. The monoisotopic (exact) mass is 288 g/mol. The lowest BCUT2D eigenvalue weighted by molar-refractivity contribution is -0.120. The quantitative estimate of drug-likeness (QED) is 0.471. The summed E-state index contributed by atoms with van der Waals surface area (Å²) in [4.78, 5) is 11.4. The normalized spacial score (nSPS) is 12.9. The fraction of sp³-hybridized carbons (Fsp3) is 0.933. The van der Waals surface area contributed by atoms with Gasteiger partial charge < -0.3 is 20.5 Å². The number of aliphatic hydroxyl groups is 1. The van der Waals surface area contributed by atoms with Gasteiger partial charge in [0.25, 0.3) is 0 Å². The van der Waals surface area contributed by atoms with E-state index in [1.807, 2.05) is 13.8 Å². The Labute approximate surface area is 123 Å². The van der Waals surface area contributed by atoms with E-state index in [0.717, 1.165) is 12.8 Å². The zero-order valence-corrected chi connectivity index (χ0v) is 13.4. The topological polar surface area (TPSA) is 70.6 Å². The molecular weight excluding hydrogens is 256 g/mol. The third-order valence-electron chi connectivity index (χ3n) is 2.75. The van der Waals surface area contributed by atoms with E-state index in [2.05, 4.69) is 24.5 Å². The predicted octanol–water partition coefficient (Wildman–Crippen LogP) is 1.16. The molecule has 0 bridgehead atoms. The molecule has 0 fully saturated rings. The summed E-state index contributed by atoms with van der Waals surface area (Å²) in [6.45, 7) is 10.8. The molecule has 0 aliphatic heterocycles. The van der Waals surface area contributed by atoms with Crippen molar-refractivity contribution in [2.24, 2.45) is 11.8 Å². The van der Waals surface area contributed by atoms with Crippen molar-refractivity contribution in [2.45, 2.75) is 46.6 Å². The molecule has 5 nitrogen and oxygen atoms in total. The number of nitrogens with one attached hydrogen (secondary N) is 2. The number of carbonyl (C=O) groups excluding carboxylic acids is 1. The fourth-order valence-corrected chi connectivity index (χ4v) is 1.60. The summed E-state index contributed by atoms with van der Waals surface area (Å²) in [6, 6.07) is 0. The molecule has 0 saturated heterocycles. The van der Waals surface area contributed by atoms with Crippen LogP contribution >= 0.6 is 0 Å². The molecule has 0 rings (SSSR count). The average Bonchev–Trinajstić information content (AvgIpc) is 2.35. The Bertz CT molecular complexity index is 245. The van der Waals surface area contributed by atoms with E-state index in [-0.39, 0.29) is 12.5 Å². The largest absolute Gasteiger partial charge is 0.389 e. The lowest BCUT2D eigenvalue weighted by atomic mass is 10.1. The number of carbonyl (C=O) groups is 1. The first kappa shape index (κ1) is 19.4. The summed E-state index contributed by atoms with van der Waals surface area (Å²) < 4.78 is 5.39. The van der Waals surface area contributed by atoms with Crippen LogP contribution in [0.2, 0.25) is 0 Å². The van der Waals surface area contributed by atoms with Crippen LogP contribution < -0.4 is 10.6 Å². The Morgan fingerprint density at radius 3 is 2.45 bits per heavy atom. The summed E-state index contributed by atoms with van der Waals surface area (Å²) in [5.74, 6) is 1.10. The van der Waals surface area contributed by atoms with Crippen molar-refractivity contribution < 1.29 is 14.6 Å². The van der Waals surface area contributed by atoms with Crippen molar-refractivity contribution in [3.05, 3.63) is 0 Å². The van der Waals surface area contributed by atoms with Gasteiger partial charge in [-0.05, 0) is 24.7 Å². The van der Waals surface area contributed by atoms with Crippen LogP contribution in [0.5, 0.6) is 0 Å². The summed E-state index contributed by atoms with van der Waals surface area (Å²) in [6.07, 6.45) is 1.60. The Morgan fingerprint density at radius 1 is 1.15 bits per heavy atom. The molecule has 1 unspecified atom stereocenters. The average molecular weight is 288 g/mol. The minimum absolute atomic E-state index is 0.0382. The van der Waals surface area contributed by atoms with E-state index in [1.165, 1.54) is 0 Å². The smallest absolute Gasteiger partial charge is 0.233 e. The van der Waals surface area contributed by atoms with E-state index in [9.17, 15) is 9.90 Å². The van der Waals surface area contributed by atoms with E-state index < -0.39 is 6.10 Å². The van der Waals surface area contributed by atoms with Gasteiger partial charge in [-0.25, -0.2) is 0 Å². The van der Waals surface area contributed by atoms with Gasteiger partial charge in [0.05, 0.1) is 19.3 Å². The molecule has 1 atom stereocenters. The summed E-state index contributed by atoms with van der Waals surface area (Å²) in [7, 11) is 0. The third kappa shape index (κ3) is 13.8. The summed E-state index contributed by atoms with van der Waals surface area (Å²) >= 11 is 0. The molecule has 3 N–H and O–H groups in total. The second kappa shape index (κ2) is 12.1. The van der Waals surface area contributed by atoms with Crippen LogP contribution in [0, 0.1) is 11.8 Å². The van der Waals surface area contributed by atoms with E-state index in [1.54, 1.807) is 0 Å². The second-order valence-corrected chi connectivity index (χ2v) is 6.09. The molecule has 5 heteroatoms. The number of aliphatic hydroxyl groups excluding tert-OH is 1. The van der Waals surface area contributed by atoms with E-state index in [0.29, 0.717) is 38.1 Å². The van der Waals surface area contributed by atoms with Crippen molar-refractivity contribution in [3.8, 4) is 0 Å². The SMILES string of the molecule is CC(C)CCCOCC(O)CNCC(=O)NCC(C)C. The van der Waals surface area contributed by atoms with Gasteiger partial charge in [0.2, 0.25) is 5.91 Å². The van der Waals surface area contributed by atoms with Gasteiger partial charge in [0.15, 0.2) is 0 Å². The number of hydrogen-bond donors (Lipinski definition) is 3. The second-order valence-electron chi connectivity index (χ2n) is 6.09. The zero-order valence-electron chi connectivity index (χ0n) is 13.4. The zero-order chi connectivity index (χ0) is 15.4. The molecule has 1 amide bonds. The number of amides is 1. The van der Waals surface area contributed by atoms with Gasteiger partial charge in [0.1, 0.15) is 0 Å². The molecule has 20 heavy (non-hydrogen) atoms. The first-order chi connectivity index (χ1) is 9.41. The highest BCUT2D eigenvalue weighted by Gasteiger charge is 2.06. The highest BCUT2D eigenvalue weighted by molar-refractivity contribution is 5.77. The van der Waals surface area contributed by atoms with Crippen molar-refractivity contribution in [2.75, 3.05) is 32.8 Å². The third-order valence-corrected chi connectivity index (χ3v) is 2.75. The minimum atomic E-state index is -0.563. The van der Waals surface area contributed by atoms with Gasteiger partial charge in [-0.15, -0.1) is 0 Å². The molecule has 0 aromatic carbocycles. The molecule has 0 radical (unpaired) electrons. The lowest BCUT2D eigenvalue weighted by Crippen LogP contribution is -2.39. The summed E-state index contributed by atoms with van der Waals surface area (Å²) in [5, 5.41) is 15.4.